The van der Waals surface area contributed by atoms with Crippen LogP contribution in [0.3, 0.4) is 0 Å². The predicted octanol–water partition coefficient (Wildman–Crippen LogP) is 0.774. The molecule has 0 saturated carbocycles. The number of hydrogen-bond acceptors (Lipinski definition) is 4. The van der Waals surface area contributed by atoms with Gasteiger partial charge in [0.2, 0.25) is 6.79 Å². The number of hydrogen-bond donors (Lipinski definition) is 0. The maximum atomic E-state index is 5.56. The summed E-state index contributed by atoms with van der Waals surface area (Å²) in [6.07, 6.45) is 3.70. The second-order valence-corrected chi connectivity index (χ2v) is 7.02. The van der Waals surface area contributed by atoms with Gasteiger partial charge in [0.25, 0.3) is 0 Å². The summed E-state index contributed by atoms with van der Waals surface area (Å²) < 4.78 is 16.5. The molecule has 0 bridgehead atoms. The maximum absolute atomic E-state index is 5.56. The number of rotatable bonds is 7. The lowest BCUT2D eigenvalue weighted by Crippen LogP contribution is -3.00. The van der Waals surface area contributed by atoms with Gasteiger partial charge in [0, 0.05) is 13.1 Å². The fraction of sp³-hybridized carbons (Fsp3) is 0.684. The van der Waals surface area contributed by atoms with Crippen molar-refractivity contribution in [3.05, 3.63) is 23.8 Å². The minimum absolute atomic E-state index is 0. The van der Waals surface area contributed by atoms with Gasteiger partial charge in [-0.15, -0.1) is 0 Å². The highest BCUT2D eigenvalue weighted by atomic mass is 35.5. The second kappa shape index (κ2) is 9.50. The monoisotopic (exact) mass is 355 g/mol. The number of benzene rings is 1. The Kier molecular flexibility index (Phi) is 7.66. The zero-order valence-corrected chi connectivity index (χ0v) is 15.6. The molecule has 4 nitrogen and oxygen atoms in total. The largest absolute Gasteiger partial charge is 1.00 e. The molecule has 2 aliphatic heterocycles. The van der Waals surface area contributed by atoms with E-state index in [1.165, 1.54) is 24.8 Å². The van der Waals surface area contributed by atoms with E-state index in [1.807, 2.05) is 0 Å². The first-order valence-electron chi connectivity index (χ1n) is 8.92. The van der Waals surface area contributed by atoms with Crippen molar-refractivity contribution in [2.75, 3.05) is 39.6 Å². The summed E-state index contributed by atoms with van der Waals surface area (Å²) in [5.74, 6) is 3.12. The Morgan fingerprint density at radius 1 is 1.04 bits per heavy atom. The van der Waals surface area contributed by atoms with Crippen LogP contribution in [-0.4, -0.2) is 44.5 Å². The molecule has 1 atom stereocenters. The van der Waals surface area contributed by atoms with Crippen LogP contribution in [0.25, 0.3) is 0 Å². The van der Waals surface area contributed by atoms with Crippen LogP contribution in [0, 0.1) is 5.92 Å². The van der Waals surface area contributed by atoms with Gasteiger partial charge in [-0.1, -0.05) is 26.3 Å². The number of morpholine rings is 1. The lowest BCUT2D eigenvalue weighted by molar-refractivity contribution is -0.00000803. The van der Waals surface area contributed by atoms with Crippen LogP contribution >= 0.6 is 0 Å². The van der Waals surface area contributed by atoms with E-state index in [2.05, 4.69) is 36.9 Å². The number of ether oxygens (including phenoxy) is 3. The average Bonchev–Trinajstić information content (AvgIpc) is 3.03. The Morgan fingerprint density at radius 3 is 2.54 bits per heavy atom. The fourth-order valence-corrected chi connectivity index (χ4v) is 3.34. The lowest BCUT2D eigenvalue weighted by atomic mass is 9.88. The SMILES string of the molecule is CC(C)CCC(CCN1CCOCC1)c1ccc2c(c1)OCO2.[Cl-].[H+]. The van der Waals surface area contributed by atoms with Crippen molar-refractivity contribution in [2.45, 2.75) is 39.0 Å². The molecule has 1 saturated heterocycles. The first-order chi connectivity index (χ1) is 11.2. The van der Waals surface area contributed by atoms with Crippen LogP contribution < -0.4 is 21.9 Å². The molecule has 1 aromatic rings. The topological polar surface area (TPSA) is 30.9 Å². The molecule has 1 aromatic carbocycles. The molecule has 0 amide bonds. The van der Waals surface area contributed by atoms with Crippen molar-refractivity contribution in [1.29, 1.82) is 0 Å². The third-order valence-corrected chi connectivity index (χ3v) is 4.86. The molecule has 0 aliphatic carbocycles. The Balaban J connectivity index is 0.00000156. The van der Waals surface area contributed by atoms with Gasteiger partial charge in [0.1, 0.15) is 0 Å². The number of nitrogens with zero attached hydrogens (tertiary/aromatic N) is 1. The summed E-state index contributed by atoms with van der Waals surface area (Å²) in [6.45, 7) is 10.00. The highest BCUT2D eigenvalue weighted by Crippen LogP contribution is 2.37. The Bertz CT molecular complexity index is 509. The van der Waals surface area contributed by atoms with Crippen molar-refractivity contribution in [3.8, 4) is 11.5 Å². The van der Waals surface area contributed by atoms with Gasteiger partial charge in [-0.05, 0) is 48.9 Å². The molecule has 136 valence electrons. The summed E-state index contributed by atoms with van der Waals surface area (Å²) in [6, 6.07) is 6.47. The smallest absolute Gasteiger partial charge is 1.00 e. The molecule has 5 heteroatoms. The van der Waals surface area contributed by atoms with Gasteiger partial charge in [-0.3, -0.25) is 4.90 Å². The van der Waals surface area contributed by atoms with E-state index in [0.29, 0.717) is 12.7 Å². The summed E-state index contributed by atoms with van der Waals surface area (Å²) in [4.78, 5) is 2.53. The van der Waals surface area contributed by atoms with Gasteiger partial charge < -0.3 is 26.6 Å². The molecule has 0 aromatic heterocycles. The predicted molar refractivity (Wildman–Crippen MR) is 92.4 cm³/mol. The van der Waals surface area contributed by atoms with Gasteiger partial charge in [0.15, 0.2) is 11.5 Å². The first-order valence-corrected chi connectivity index (χ1v) is 8.92. The second-order valence-electron chi connectivity index (χ2n) is 7.02. The highest BCUT2D eigenvalue weighted by molar-refractivity contribution is 5.45. The molecule has 2 aliphatic rings. The van der Waals surface area contributed by atoms with Crippen LogP contribution in [0.2, 0.25) is 0 Å². The van der Waals surface area contributed by atoms with Crippen LogP contribution in [0.4, 0.5) is 0 Å². The zero-order valence-electron chi connectivity index (χ0n) is 15.8. The summed E-state index contributed by atoms with van der Waals surface area (Å²) in [5.41, 5.74) is 1.39. The number of halogens is 1. The normalized spacial score (nSPS) is 18.5. The van der Waals surface area contributed by atoms with Crippen molar-refractivity contribution in [2.24, 2.45) is 5.92 Å². The third-order valence-electron chi connectivity index (χ3n) is 4.86. The zero-order chi connectivity index (χ0) is 16.1. The quantitative estimate of drug-likeness (QED) is 0.723. The molecule has 1 unspecified atom stereocenters. The molecule has 24 heavy (non-hydrogen) atoms. The minimum atomic E-state index is 0. The summed E-state index contributed by atoms with van der Waals surface area (Å²) in [7, 11) is 0. The van der Waals surface area contributed by atoms with Gasteiger partial charge in [0.05, 0.1) is 13.2 Å². The van der Waals surface area contributed by atoms with Crippen molar-refractivity contribution >= 4 is 0 Å². The first kappa shape index (κ1) is 19.4. The van der Waals surface area contributed by atoms with E-state index >= 15 is 0 Å². The highest BCUT2D eigenvalue weighted by Gasteiger charge is 2.20. The van der Waals surface area contributed by atoms with Crippen LogP contribution in [-0.2, 0) is 4.74 Å². The van der Waals surface area contributed by atoms with E-state index in [9.17, 15) is 0 Å². The lowest BCUT2D eigenvalue weighted by Gasteiger charge is -2.28. The molecular formula is C19H30ClNO3. The van der Waals surface area contributed by atoms with E-state index in [4.69, 9.17) is 14.2 Å². The molecule has 2 heterocycles. The Labute approximate surface area is 153 Å². The van der Waals surface area contributed by atoms with Gasteiger partial charge >= 0.3 is 1.43 Å². The van der Waals surface area contributed by atoms with Crippen LogP contribution in [0.5, 0.6) is 11.5 Å². The van der Waals surface area contributed by atoms with Crippen molar-refractivity contribution < 1.29 is 28.0 Å². The van der Waals surface area contributed by atoms with E-state index in [1.54, 1.807) is 0 Å². The van der Waals surface area contributed by atoms with E-state index in [0.717, 1.165) is 50.3 Å². The molecule has 3 rings (SSSR count). The fourth-order valence-electron chi connectivity index (χ4n) is 3.34. The van der Waals surface area contributed by atoms with E-state index in [-0.39, 0.29) is 13.8 Å². The molecule has 0 radical (unpaired) electrons. The molecule has 0 N–H and O–H groups in total. The third kappa shape index (κ3) is 5.27. The molecule has 1 fully saturated rings. The standard InChI is InChI=1S/C19H29NO3.ClH/c1-15(2)3-4-16(7-8-20-9-11-21-12-10-20)17-5-6-18-19(13-17)23-14-22-18;/h5-6,13,15-16H,3-4,7-12,14H2,1-2H3;1H. The maximum Gasteiger partial charge on any atom is 1.00 e. The molecule has 0 spiro atoms. The van der Waals surface area contributed by atoms with Crippen molar-refractivity contribution in [3.63, 3.8) is 0 Å². The van der Waals surface area contributed by atoms with Gasteiger partial charge in [-0.25, -0.2) is 0 Å². The minimum Gasteiger partial charge on any atom is -1.00 e. The van der Waals surface area contributed by atoms with E-state index < -0.39 is 0 Å². The molecular weight excluding hydrogens is 326 g/mol. The Hall–Kier alpha value is -0.970. The average molecular weight is 356 g/mol. The van der Waals surface area contributed by atoms with Crippen molar-refractivity contribution in [1.82, 2.24) is 4.90 Å². The van der Waals surface area contributed by atoms with Crippen LogP contribution in [0.15, 0.2) is 18.2 Å². The Morgan fingerprint density at radius 2 is 1.79 bits per heavy atom. The number of fused-ring (bicyclic) bond motifs is 1. The summed E-state index contributed by atoms with van der Waals surface area (Å²) in [5, 5.41) is 0. The van der Waals surface area contributed by atoms with Crippen LogP contribution in [0.1, 0.15) is 46.0 Å². The van der Waals surface area contributed by atoms with Gasteiger partial charge in [-0.2, -0.15) is 0 Å². The summed E-state index contributed by atoms with van der Waals surface area (Å²) >= 11 is 0.